The summed E-state index contributed by atoms with van der Waals surface area (Å²) in [5.74, 6) is -0.0484. The molecular weight excluding hydrogens is 321 g/mol. The molecule has 1 saturated heterocycles. The van der Waals surface area contributed by atoms with Gasteiger partial charge in [-0.3, -0.25) is 14.6 Å². The Morgan fingerprint density at radius 1 is 1.40 bits per heavy atom. The smallest absolute Gasteiger partial charge is 0.274 e. The number of aromatic amines is 1. The van der Waals surface area contributed by atoms with Gasteiger partial charge in [0.05, 0.1) is 16.9 Å². The molecule has 1 atom stereocenters. The maximum Gasteiger partial charge on any atom is 0.274 e. The van der Waals surface area contributed by atoms with Crippen molar-refractivity contribution in [1.82, 2.24) is 24.9 Å². The van der Waals surface area contributed by atoms with Crippen molar-refractivity contribution in [3.05, 3.63) is 47.7 Å². The van der Waals surface area contributed by atoms with Crippen molar-refractivity contribution in [2.45, 2.75) is 32.2 Å². The number of carbonyl (C=O) groups excluding carboxylic acids is 1. The Morgan fingerprint density at radius 3 is 2.96 bits per heavy atom. The van der Waals surface area contributed by atoms with E-state index in [0.29, 0.717) is 35.6 Å². The van der Waals surface area contributed by atoms with Crippen molar-refractivity contribution in [2.75, 3.05) is 13.1 Å². The Balaban J connectivity index is 1.51. The third-order valence-electron chi connectivity index (χ3n) is 4.78. The van der Waals surface area contributed by atoms with Crippen LogP contribution >= 0.6 is 0 Å². The van der Waals surface area contributed by atoms with Crippen LogP contribution in [0.2, 0.25) is 0 Å². The van der Waals surface area contributed by atoms with Crippen LogP contribution in [0.5, 0.6) is 0 Å². The standard InChI is InChI=1S/C18H20FN5O/c1-11(2)16-8-17(21-20-16)18(25)23-7-6-12(9-23)24-10-13-14(19)4-3-5-15(13)22-24/h3-5,8,10-12H,6-7,9H2,1-2H3,(H,20,21). The average molecular weight is 341 g/mol. The van der Waals surface area contributed by atoms with E-state index in [1.807, 2.05) is 6.07 Å². The van der Waals surface area contributed by atoms with E-state index in [1.165, 1.54) is 6.07 Å². The number of benzene rings is 1. The van der Waals surface area contributed by atoms with Gasteiger partial charge >= 0.3 is 0 Å². The van der Waals surface area contributed by atoms with Crippen LogP contribution in [0.4, 0.5) is 4.39 Å². The molecule has 130 valence electrons. The zero-order valence-corrected chi connectivity index (χ0v) is 14.2. The van der Waals surface area contributed by atoms with Crippen LogP contribution in [0.15, 0.2) is 30.5 Å². The highest BCUT2D eigenvalue weighted by Crippen LogP contribution is 2.26. The van der Waals surface area contributed by atoms with E-state index in [2.05, 4.69) is 29.1 Å². The lowest BCUT2D eigenvalue weighted by molar-refractivity contribution is 0.0781. The SMILES string of the molecule is CC(C)c1cc(C(=O)N2CCC(n3cc4c(F)cccc4n3)C2)n[nH]1. The molecule has 1 aliphatic heterocycles. The predicted molar refractivity (Wildman–Crippen MR) is 91.9 cm³/mol. The molecule has 0 aliphatic carbocycles. The molecule has 1 fully saturated rings. The van der Waals surface area contributed by atoms with Gasteiger partial charge in [0.2, 0.25) is 0 Å². The molecule has 1 unspecified atom stereocenters. The maximum absolute atomic E-state index is 13.9. The first-order valence-electron chi connectivity index (χ1n) is 8.51. The molecule has 2 aromatic heterocycles. The molecule has 4 rings (SSSR count). The van der Waals surface area contributed by atoms with E-state index in [9.17, 15) is 9.18 Å². The minimum atomic E-state index is -0.271. The fourth-order valence-electron chi connectivity index (χ4n) is 3.26. The number of likely N-dealkylation sites (tertiary alicyclic amines) is 1. The van der Waals surface area contributed by atoms with Crippen LogP contribution in [0.25, 0.3) is 10.9 Å². The van der Waals surface area contributed by atoms with Crippen LogP contribution in [0.1, 0.15) is 48.4 Å². The van der Waals surface area contributed by atoms with Gasteiger partial charge < -0.3 is 4.90 Å². The average Bonchev–Trinajstić information content (AvgIpc) is 3.32. The molecule has 1 N–H and O–H groups in total. The number of nitrogens with one attached hydrogen (secondary N) is 1. The van der Waals surface area contributed by atoms with Gasteiger partial charge in [-0.2, -0.15) is 10.2 Å². The minimum absolute atomic E-state index is 0.0549. The van der Waals surface area contributed by atoms with Crippen LogP contribution in [-0.4, -0.2) is 43.9 Å². The molecule has 1 amide bonds. The van der Waals surface area contributed by atoms with E-state index in [1.54, 1.807) is 27.9 Å². The van der Waals surface area contributed by atoms with Gasteiger partial charge in [-0.1, -0.05) is 19.9 Å². The Bertz CT molecular complexity index is 929. The second-order valence-corrected chi connectivity index (χ2v) is 6.84. The van der Waals surface area contributed by atoms with E-state index in [-0.39, 0.29) is 17.8 Å². The van der Waals surface area contributed by atoms with Crippen LogP contribution in [-0.2, 0) is 0 Å². The summed E-state index contributed by atoms with van der Waals surface area (Å²) in [5.41, 5.74) is 2.03. The molecule has 1 aromatic carbocycles. The summed E-state index contributed by atoms with van der Waals surface area (Å²) in [5, 5.41) is 12.0. The van der Waals surface area contributed by atoms with Crippen molar-refractivity contribution in [2.24, 2.45) is 0 Å². The molecule has 0 bridgehead atoms. The molecule has 3 aromatic rings. The quantitative estimate of drug-likeness (QED) is 0.796. The third kappa shape index (κ3) is 2.79. The number of amides is 1. The second kappa shape index (κ2) is 5.98. The second-order valence-electron chi connectivity index (χ2n) is 6.84. The molecule has 0 radical (unpaired) electrons. The number of carbonyl (C=O) groups is 1. The highest BCUT2D eigenvalue weighted by atomic mass is 19.1. The first kappa shape index (κ1) is 15.8. The van der Waals surface area contributed by atoms with Crippen molar-refractivity contribution in [1.29, 1.82) is 0 Å². The monoisotopic (exact) mass is 341 g/mol. The normalized spacial score (nSPS) is 17.8. The number of hydrogen-bond donors (Lipinski definition) is 1. The Morgan fingerprint density at radius 2 is 2.24 bits per heavy atom. The first-order chi connectivity index (χ1) is 12.0. The largest absolute Gasteiger partial charge is 0.335 e. The Kier molecular flexibility index (Phi) is 3.78. The molecule has 0 spiro atoms. The van der Waals surface area contributed by atoms with Gasteiger partial charge in [-0.15, -0.1) is 0 Å². The van der Waals surface area contributed by atoms with E-state index in [0.717, 1.165) is 12.1 Å². The minimum Gasteiger partial charge on any atom is -0.335 e. The van der Waals surface area contributed by atoms with Gasteiger partial charge in [0.1, 0.15) is 11.5 Å². The summed E-state index contributed by atoms with van der Waals surface area (Å²) in [7, 11) is 0. The number of aromatic nitrogens is 4. The fraction of sp³-hybridized carbons (Fsp3) is 0.389. The molecule has 0 saturated carbocycles. The van der Waals surface area contributed by atoms with Gasteiger partial charge in [0.15, 0.2) is 0 Å². The van der Waals surface area contributed by atoms with Crippen molar-refractivity contribution < 1.29 is 9.18 Å². The van der Waals surface area contributed by atoms with E-state index < -0.39 is 0 Å². The number of H-pyrrole nitrogens is 1. The van der Waals surface area contributed by atoms with Gasteiger partial charge in [-0.05, 0) is 30.5 Å². The summed E-state index contributed by atoms with van der Waals surface area (Å²) in [6.07, 6.45) is 2.53. The molecule has 7 heteroatoms. The van der Waals surface area contributed by atoms with E-state index in [4.69, 9.17) is 0 Å². The van der Waals surface area contributed by atoms with Crippen LogP contribution < -0.4 is 0 Å². The Hall–Kier alpha value is -2.70. The first-order valence-corrected chi connectivity index (χ1v) is 8.51. The number of hydrogen-bond acceptors (Lipinski definition) is 3. The zero-order chi connectivity index (χ0) is 17.6. The number of rotatable bonds is 3. The van der Waals surface area contributed by atoms with Crippen molar-refractivity contribution >= 4 is 16.8 Å². The summed E-state index contributed by atoms with van der Waals surface area (Å²) >= 11 is 0. The predicted octanol–water partition coefficient (Wildman–Crippen LogP) is 3.11. The molecule has 6 nitrogen and oxygen atoms in total. The molecule has 25 heavy (non-hydrogen) atoms. The Labute approximate surface area is 144 Å². The molecule has 1 aliphatic rings. The fourth-order valence-corrected chi connectivity index (χ4v) is 3.26. The highest BCUT2D eigenvalue weighted by Gasteiger charge is 2.30. The van der Waals surface area contributed by atoms with Gasteiger partial charge in [0.25, 0.3) is 5.91 Å². The molecule has 3 heterocycles. The molecular formula is C18H20FN5O. The summed E-state index contributed by atoms with van der Waals surface area (Å²) in [4.78, 5) is 14.4. The summed E-state index contributed by atoms with van der Waals surface area (Å²) < 4.78 is 15.6. The lowest BCUT2D eigenvalue weighted by Crippen LogP contribution is -2.29. The third-order valence-corrected chi connectivity index (χ3v) is 4.78. The maximum atomic E-state index is 13.9. The van der Waals surface area contributed by atoms with Gasteiger partial charge in [0, 0.05) is 25.0 Å². The summed E-state index contributed by atoms with van der Waals surface area (Å²) in [6, 6.07) is 6.76. The topological polar surface area (TPSA) is 66.8 Å². The van der Waals surface area contributed by atoms with Crippen LogP contribution in [0.3, 0.4) is 0 Å². The number of halogens is 1. The van der Waals surface area contributed by atoms with E-state index >= 15 is 0 Å². The van der Waals surface area contributed by atoms with Crippen molar-refractivity contribution in [3.8, 4) is 0 Å². The summed E-state index contributed by atoms with van der Waals surface area (Å²) in [6.45, 7) is 5.30. The van der Waals surface area contributed by atoms with Gasteiger partial charge in [-0.25, -0.2) is 4.39 Å². The lowest BCUT2D eigenvalue weighted by atomic mass is 10.1. The highest BCUT2D eigenvalue weighted by molar-refractivity contribution is 5.92. The van der Waals surface area contributed by atoms with Crippen molar-refractivity contribution in [3.63, 3.8) is 0 Å². The zero-order valence-electron chi connectivity index (χ0n) is 14.2. The lowest BCUT2D eigenvalue weighted by Gasteiger charge is -2.15. The van der Waals surface area contributed by atoms with Crippen LogP contribution in [0, 0.1) is 5.82 Å². The number of fused-ring (bicyclic) bond motifs is 1. The number of nitrogens with zero attached hydrogens (tertiary/aromatic N) is 4.